The zero-order chi connectivity index (χ0) is 14.8. The maximum absolute atomic E-state index is 12.5. The van der Waals surface area contributed by atoms with E-state index in [0.717, 1.165) is 5.56 Å². The van der Waals surface area contributed by atoms with Crippen molar-refractivity contribution in [2.75, 3.05) is 26.7 Å². The van der Waals surface area contributed by atoms with Crippen LogP contribution in [-0.4, -0.2) is 50.2 Å². The van der Waals surface area contributed by atoms with Crippen LogP contribution in [0.3, 0.4) is 0 Å². The minimum atomic E-state index is -3.60. The zero-order valence-electron chi connectivity index (χ0n) is 11.3. The monoisotopic (exact) mass is 360 g/mol. The number of amides is 1. The number of carbonyl (C=O) groups excluding carboxylic acids is 1. The predicted molar refractivity (Wildman–Crippen MR) is 80.1 cm³/mol. The fourth-order valence-corrected chi connectivity index (χ4v) is 3.87. The first-order valence-corrected chi connectivity index (χ1v) is 8.90. The number of alkyl halides is 1. The van der Waals surface area contributed by atoms with Gasteiger partial charge < -0.3 is 4.90 Å². The first-order chi connectivity index (χ1) is 9.45. The van der Waals surface area contributed by atoms with Crippen LogP contribution in [0.1, 0.15) is 12.0 Å². The van der Waals surface area contributed by atoms with E-state index in [1.54, 1.807) is 36.2 Å². The Kier molecular flexibility index (Phi) is 4.82. The summed E-state index contributed by atoms with van der Waals surface area (Å²) >= 11 is 3.32. The molecule has 0 radical (unpaired) electrons. The van der Waals surface area contributed by atoms with Crippen molar-refractivity contribution in [2.45, 2.75) is 16.6 Å². The van der Waals surface area contributed by atoms with Gasteiger partial charge in [0.15, 0.2) is 0 Å². The highest BCUT2D eigenvalue weighted by molar-refractivity contribution is 9.08. The summed E-state index contributed by atoms with van der Waals surface area (Å²) in [6.07, 6.45) is 0.654. The molecule has 0 bridgehead atoms. The van der Waals surface area contributed by atoms with Crippen molar-refractivity contribution in [1.82, 2.24) is 9.21 Å². The van der Waals surface area contributed by atoms with Crippen LogP contribution in [0.25, 0.3) is 0 Å². The topological polar surface area (TPSA) is 57.7 Å². The third kappa shape index (κ3) is 3.21. The van der Waals surface area contributed by atoms with E-state index in [1.807, 2.05) is 0 Å². The second kappa shape index (κ2) is 6.24. The molecule has 5 nitrogen and oxygen atoms in total. The van der Waals surface area contributed by atoms with Gasteiger partial charge >= 0.3 is 0 Å². The normalized spacial score (nSPS) is 18.1. The Morgan fingerprint density at radius 3 is 2.45 bits per heavy atom. The van der Waals surface area contributed by atoms with Gasteiger partial charge in [0.05, 0.1) is 11.4 Å². The Balaban J connectivity index is 2.26. The van der Waals surface area contributed by atoms with Crippen LogP contribution in [0.5, 0.6) is 0 Å². The van der Waals surface area contributed by atoms with Gasteiger partial charge in [-0.05, 0) is 24.1 Å². The third-order valence-electron chi connectivity index (χ3n) is 3.35. The SMILES string of the molecule is CN1CCCN(S(=O)(=O)c2ccc(CBr)cc2)CC1=O. The number of rotatable bonds is 3. The molecule has 2 rings (SSSR count). The van der Waals surface area contributed by atoms with Crippen LogP contribution < -0.4 is 0 Å². The quantitative estimate of drug-likeness (QED) is 0.766. The highest BCUT2D eigenvalue weighted by Crippen LogP contribution is 2.19. The highest BCUT2D eigenvalue weighted by atomic mass is 79.9. The smallest absolute Gasteiger partial charge is 0.243 e. The molecular weight excluding hydrogens is 344 g/mol. The average molecular weight is 361 g/mol. The molecule has 20 heavy (non-hydrogen) atoms. The lowest BCUT2D eigenvalue weighted by Crippen LogP contribution is -2.37. The molecule has 1 aromatic carbocycles. The second-order valence-electron chi connectivity index (χ2n) is 4.79. The summed E-state index contributed by atoms with van der Waals surface area (Å²) in [6.45, 7) is 0.880. The van der Waals surface area contributed by atoms with Gasteiger partial charge in [-0.2, -0.15) is 4.31 Å². The van der Waals surface area contributed by atoms with E-state index in [9.17, 15) is 13.2 Å². The third-order valence-corrected chi connectivity index (χ3v) is 5.86. The van der Waals surface area contributed by atoms with E-state index in [1.165, 1.54) is 4.31 Å². The number of likely N-dealkylation sites (N-methyl/N-ethyl adjacent to an activating group) is 1. The molecule has 1 saturated heterocycles. The number of carbonyl (C=O) groups is 1. The molecule has 0 saturated carbocycles. The van der Waals surface area contributed by atoms with Gasteiger partial charge in [0, 0.05) is 25.5 Å². The summed E-state index contributed by atoms with van der Waals surface area (Å²) in [5.41, 5.74) is 1.01. The van der Waals surface area contributed by atoms with Crippen molar-refractivity contribution in [3.63, 3.8) is 0 Å². The maximum atomic E-state index is 12.5. The van der Waals surface area contributed by atoms with Gasteiger partial charge in [0.1, 0.15) is 0 Å². The van der Waals surface area contributed by atoms with Gasteiger partial charge in [-0.25, -0.2) is 8.42 Å². The predicted octanol–water partition coefficient (Wildman–Crippen LogP) is 1.43. The van der Waals surface area contributed by atoms with Crippen LogP contribution in [0.15, 0.2) is 29.2 Å². The zero-order valence-corrected chi connectivity index (χ0v) is 13.7. The lowest BCUT2D eigenvalue weighted by Gasteiger charge is -2.19. The van der Waals surface area contributed by atoms with Crippen LogP contribution in [0.2, 0.25) is 0 Å². The Hall–Kier alpha value is -0.920. The summed E-state index contributed by atoms with van der Waals surface area (Å²) in [7, 11) is -1.90. The molecule has 0 aliphatic carbocycles. The Bertz CT molecular complexity index is 586. The summed E-state index contributed by atoms with van der Waals surface area (Å²) in [6, 6.07) is 6.72. The summed E-state index contributed by atoms with van der Waals surface area (Å²) in [4.78, 5) is 13.6. The summed E-state index contributed by atoms with van der Waals surface area (Å²) < 4.78 is 26.3. The first kappa shape index (κ1) is 15.5. The molecule has 0 unspecified atom stereocenters. The minimum Gasteiger partial charge on any atom is -0.345 e. The van der Waals surface area contributed by atoms with Gasteiger partial charge in [0.2, 0.25) is 15.9 Å². The van der Waals surface area contributed by atoms with Gasteiger partial charge in [-0.15, -0.1) is 0 Å². The minimum absolute atomic E-state index is 0.0843. The number of hydrogen-bond donors (Lipinski definition) is 0. The van der Waals surface area contributed by atoms with Crippen molar-refractivity contribution in [3.8, 4) is 0 Å². The Morgan fingerprint density at radius 2 is 1.85 bits per heavy atom. The van der Waals surface area contributed by atoms with Crippen LogP contribution >= 0.6 is 15.9 Å². The molecule has 1 aliphatic heterocycles. The standard InChI is InChI=1S/C13H17BrN2O3S/c1-15-7-2-8-16(10-13(15)17)20(18,19)12-5-3-11(9-14)4-6-12/h3-6H,2,7-10H2,1H3. The molecule has 110 valence electrons. The number of hydrogen-bond acceptors (Lipinski definition) is 3. The maximum Gasteiger partial charge on any atom is 0.243 e. The first-order valence-electron chi connectivity index (χ1n) is 6.34. The van der Waals surface area contributed by atoms with Gasteiger partial charge in [-0.3, -0.25) is 4.79 Å². The lowest BCUT2D eigenvalue weighted by molar-refractivity contribution is -0.129. The van der Waals surface area contributed by atoms with Crippen molar-refractivity contribution in [3.05, 3.63) is 29.8 Å². The van der Waals surface area contributed by atoms with E-state index < -0.39 is 10.0 Å². The van der Waals surface area contributed by atoms with Crippen molar-refractivity contribution in [2.24, 2.45) is 0 Å². The van der Waals surface area contributed by atoms with Crippen LogP contribution in [0, 0.1) is 0 Å². The largest absolute Gasteiger partial charge is 0.345 e. The summed E-state index contributed by atoms with van der Waals surface area (Å²) in [5, 5.41) is 0.681. The number of benzene rings is 1. The number of sulfonamides is 1. The van der Waals surface area contributed by atoms with E-state index in [-0.39, 0.29) is 17.3 Å². The second-order valence-corrected chi connectivity index (χ2v) is 7.28. The van der Waals surface area contributed by atoms with Crippen molar-refractivity contribution in [1.29, 1.82) is 0 Å². The molecule has 1 heterocycles. The Morgan fingerprint density at radius 1 is 1.20 bits per heavy atom. The fourth-order valence-electron chi connectivity index (χ4n) is 2.06. The molecule has 1 fully saturated rings. The van der Waals surface area contributed by atoms with Crippen LogP contribution in [0.4, 0.5) is 0 Å². The molecule has 0 aromatic heterocycles. The molecule has 1 aliphatic rings. The Labute approximate surface area is 127 Å². The number of nitrogens with zero attached hydrogens (tertiary/aromatic N) is 2. The van der Waals surface area contributed by atoms with E-state index in [4.69, 9.17) is 0 Å². The number of halogens is 1. The highest BCUT2D eigenvalue weighted by Gasteiger charge is 2.29. The van der Waals surface area contributed by atoms with Gasteiger partial charge in [0.25, 0.3) is 0 Å². The molecule has 7 heteroatoms. The molecule has 0 atom stereocenters. The summed E-state index contributed by atoms with van der Waals surface area (Å²) in [5.74, 6) is -0.164. The van der Waals surface area contributed by atoms with Crippen LogP contribution in [-0.2, 0) is 20.1 Å². The van der Waals surface area contributed by atoms with Crippen molar-refractivity contribution < 1.29 is 13.2 Å². The average Bonchev–Trinajstić information content (AvgIpc) is 2.61. The molecule has 0 N–H and O–H groups in total. The van der Waals surface area contributed by atoms with Gasteiger partial charge in [-0.1, -0.05) is 28.1 Å². The molecular formula is C13H17BrN2O3S. The van der Waals surface area contributed by atoms with E-state index in [2.05, 4.69) is 15.9 Å². The van der Waals surface area contributed by atoms with Crippen molar-refractivity contribution >= 4 is 31.9 Å². The molecule has 1 amide bonds. The molecule has 1 aromatic rings. The van der Waals surface area contributed by atoms with E-state index >= 15 is 0 Å². The molecule has 0 spiro atoms. The van der Waals surface area contributed by atoms with E-state index in [0.29, 0.717) is 24.8 Å². The fraction of sp³-hybridized carbons (Fsp3) is 0.462. The lowest BCUT2D eigenvalue weighted by atomic mass is 10.2.